The molecule has 1 amide bonds. The van der Waals surface area contributed by atoms with Gasteiger partial charge in [-0.1, -0.05) is 72.8 Å². The van der Waals surface area contributed by atoms with Crippen LogP contribution in [0.1, 0.15) is 41.7 Å². The third-order valence-electron chi connectivity index (χ3n) is 5.08. The molecule has 3 heterocycles. The number of nitrogens with one attached hydrogen (secondary N) is 2. The zero-order valence-corrected chi connectivity index (χ0v) is 20.2. The predicted molar refractivity (Wildman–Crippen MR) is 134 cm³/mol. The third-order valence-corrected chi connectivity index (χ3v) is 7.13. The molecule has 3 aromatic heterocycles. The Labute approximate surface area is 206 Å². The standard InChI is InChI=1S/C25H24FN5OS2/c1-2-8-18(17-9-4-3-5-10-17)15-29-24(32)23-22(26)19(12-14-28-23)33-21-16-30-25(34-21)31-20-11-6-7-13-27-20/h3-7,9-14,16,18H,2,8,15H2,1H3,(H,29,32)(H,27,30,31). The van der Waals surface area contributed by atoms with Gasteiger partial charge in [0, 0.05) is 24.9 Å². The average Bonchev–Trinajstić information content (AvgIpc) is 3.30. The highest BCUT2D eigenvalue weighted by molar-refractivity contribution is 8.01. The van der Waals surface area contributed by atoms with Gasteiger partial charge in [-0.3, -0.25) is 4.79 Å². The Morgan fingerprint density at radius 3 is 2.65 bits per heavy atom. The first-order valence-electron chi connectivity index (χ1n) is 10.9. The molecule has 0 fully saturated rings. The van der Waals surface area contributed by atoms with Gasteiger partial charge >= 0.3 is 0 Å². The van der Waals surface area contributed by atoms with Gasteiger partial charge in [-0.15, -0.1) is 0 Å². The number of carbonyl (C=O) groups excluding carboxylic acids is 1. The quantitative estimate of drug-likeness (QED) is 0.271. The molecule has 0 aliphatic carbocycles. The van der Waals surface area contributed by atoms with Crippen molar-refractivity contribution in [2.45, 2.75) is 34.8 Å². The van der Waals surface area contributed by atoms with Crippen LogP contribution in [0.3, 0.4) is 0 Å². The molecule has 0 spiro atoms. The van der Waals surface area contributed by atoms with Crippen LogP contribution in [0, 0.1) is 5.82 Å². The number of benzene rings is 1. The second kappa shape index (κ2) is 11.7. The molecule has 0 saturated carbocycles. The smallest absolute Gasteiger partial charge is 0.272 e. The molecule has 34 heavy (non-hydrogen) atoms. The fourth-order valence-electron chi connectivity index (χ4n) is 3.44. The van der Waals surface area contributed by atoms with Crippen molar-refractivity contribution in [2.24, 2.45) is 0 Å². The number of rotatable bonds is 10. The lowest BCUT2D eigenvalue weighted by Gasteiger charge is -2.17. The van der Waals surface area contributed by atoms with Crippen molar-refractivity contribution in [3.8, 4) is 0 Å². The number of halogens is 1. The molecular weight excluding hydrogens is 469 g/mol. The summed E-state index contributed by atoms with van der Waals surface area (Å²) >= 11 is 2.58. The second-order valence-corrected chi connectivity index (χ2v) is 9.88. The Kier molecular flexibility index (Phi) is 8.21. The van der Waals surface area contributed by atoms with Crippen molar-refractivity contribution < 1.29 is 9.18 Å². The fourth-order valence-corrected chi connectivity index (χ4v) is 5.31. The van der Waals surface area contributed by atoms with Crippen molar-refractivity contribution in [2.75, 3.05) is 11.9 Å². The number of pyridine rings is 2. The number of hydrogen-bond acceptors (Lipinski definition) is 7. The van der Waals surface area contributed by atoms with E-state index in [0.717, 1.165) is 22.6 Å². The predicted octanol–water partition coefficient (Wildman–Crippen LogP) is 6.28. The van der Waals surface area contributed by atoms with Crippen LogP contribution in [0.25, 0.3) is 0 Å². The summed E-state index contributed by atoms with van der Waals surface area (Å²) in [7, 11) is 0. The summed E-state index contributed by atoms with van der Waals surface area (Å²) in [6.45, 7) is 2.53. The van der Waals surface area contributed by atoms with E-state index in [1.165, 1.54) is 29.3 Å². The summed E-state index contributed by atoms with van der Waals surface area (Å²) in [5.74, 6) is -0.305. The molecule has 1 unspecified atom stereocenters. The Morgan fingerprint density at radius 1 is 1.06 bits per heavy atom. The van der Waals surface area contributed by atoms with Crippen LogP contribution >= 0.6 is 23.1 Å². The summed E-state index contributed by atoms with van der Waals surface area (Å²) in [4.78, 5) is 25.6. The van der Waals surface area contributed by atoms with E-state index in [1.54, 1.807) is 18.5 Å². The van der Waals surface area contributed by atoms with Crippen molar-refractivity contribution in [1.29, 1.82) is 0 Å². The van der Waals surface area contributed by atoms with Gasteiger partial charge in [0.2, 0.25) is 0 Å². The van der Waals surface area contributed by atoms with Crippen molar-refractivity contribution in [1.82, 2.24) is 20.3 Å². The van der Waals surface area contributed by atoms with Gasteiger partial charge in [-0.05, 0) is 30.2 Å². The lowest BCUT2D eigenvalue weighted by Crippen LogP contribution is -2.30. The third kappa shape index (κ3) is 6.18. The molecule has 0 bridgehead atoms. The maximum Gasteiger partial charge on any atom is 0.272 e. The normalized spacial score (nSPS) is 11.7. The Hall–Kier alpha value is -3.30. The number of carbonyl (C=O) groups is 1. The van der Waals surface area contributed by atoms with E-state index in [2.05, 4.69) is 44.6 Å². The van der Waals surface area contributed by atoms with Crippen LogP contribution in [0.5, 0.6) is 0 Å². The Balaban J connectivity index is 1.42. The van der Waals surface area contributed by atoms with Gasteiger partial charge in [-0.25, -0.2) is 19.3 Å². The van der Waals surface area contributed by atoms with Crippen molar-refractivity contribution in [3.05, 3.63) is 90.3 Å². The lowest BCUT2D eigenvalue weighted by atomic mass is 9.94. The second-order valence-electron chi connectivity index (χ2n) is 7.50. The van der Waals surface area contributed by atoms with Gasteiger partial charge in [0.15, 0.2) is 16.6 Å². The molecule has 0 saturated heterocycles. The molecule has 9 heteroatoms. The van der Waals surface area contributed by atoms with Crippen LogP contribution < -0.4 is 10.6 Å². The number of anilines is 2. The highest BCUT2D eigenvalue weighted by Gasteiger charge is 2.20. The van der Waals surface area contributed by atoms with Gasteiger partial charge in [0.1, 0.15) is 5.82 Å². The maximum absolute atomic E-state index is 15.2. The van der Waals surface area contributed by atoms with E-state index < -0.39 is 11.7 Å². The summed E-state index contributed by atoms with van der Waals surface area (Å²) in [6.07, 6.45) is 6.72. The van der Waals surface area contributed by atoms with E-state index in [-0.39, 0.29) is 11.6 Å². The monoisotopic (exact) mass is 493 g/mol. The minimum Gasteiger partial charge on any atom is -0.350 e. The molecule has 1 atom stereocenters. The molecule has 174 valence electrons. The zero-order chi connectivity index (χ0) is 23.8. The summed E-state index contributed by atoms with van der Waals surface area (Å²) in [5, 5.41) is 6.64. The first-order valence-corrected chi connectivity index (χ1v) is 12.6. The van der Waals surface area contributed by atoms with Crippen LogP contribution in [-0.4, -0.2) is 27.4 Å². The SMILES string of the molecule is CCCC(CNC(=O)c1nccc(Sc2cnc(Nc3ccccn3)s2)c1F)c1ccccc1. The molecule has 4 aromatic rings. The maximum atomic E-state index is 15.2. The van der Waals surface area contributed by atoms with Crippen LogP contribution in [-0.2, 0) is 0 Å². The zero-order valence-electron chi connectivity index (χ0n) is 18.6. The minimum absolute atomic E-state index is 0.165. The Bertz CT molecular complexity index is 1220. The number of nitrogens with zero attached hydrogens (tertiary/aromatic N) is 3. The van der Waals surface area contributed by atoms with Gasteiger partial charge in [-0.2, -0.15) is 0 Å². The van der Waals surface area contributed by atoms with Crippen LogP contribution in [0.2, 0.25) is 0 Å². The van der Waals surface area contributed by atoms with Gasteiger partial charge in [0.05, 0.1) is 15.3 Å². The number of aromatic nitrogens is 3. The van der Waals surface area contributed by atoms with E-state index in [4.69, 9.17) is 0 Å². The summed E-state index contributed by atoms with van der Waals surface area (Å²) in [5.41, 5.74) is 0.951. The topological polar surface area (TPSA) is 79.8 Å². The van der Waals surface area contributed by atoms with Crippen molar-refractivity contribution >= 4 is 40.0 Å². The molecule has 6 nitrogen and oxygen atoms in total. The molecule has 1 aromatic carbocycles. The molecular formula is C25H24FN5OS2. The average molecular weight is 494 g/mol. The molecule has 0 aliphatic rings. The first kappa shape index (κ1) is 23.8. The number of amides is 1. The number of thiazole rings is 1. The van der Waals surface area contributed by atoms with E-state index >= 15 is 4.39 Å². The largest absolute Gasteiger partial charge is 0.350 e. The van der Waals surface area contributed by atoms with Crippen molar-refractivity contribution in [3.63, 3.8) is 0 Å². The molecule has 0 aliphatic heterocycles. The lowest BCUT2D eigenvalue weighted by molar-refractivity contribution is 0.0940. The van der Waals surface area contributed by atoms with E-state index in [0.29, 0.717) is 22.4 Å². The molecule has 4 rings (SSSR count). The van der Waals surface area contributed by atoms with E-state index in [1.807, 2.05) is 36.4 Å². The Morgan fingerprint density at radius 2 is 1.88 bits per heavy atom. The number of hydrogen-bond donors (Lipinski definition) is 2. The summed E-state index contributed by atoms with van der Waals surface area (Å²) < 4.78 is 16.0. The molecule has 0 radical (unpaired) electrons. The van der Waals surface area contributed by atoms with Gasteiger partial charge < -0.3 is 10.6 Å². The van der Waals surface area contributed by atoms with Crippen LogP contribution in [0.15, 0.2) is 82.3 Å². The minimum atomic E-state index is -0.635. The fraction of sp³-hybridized carbons (Fsp3) is 0.200. The van der Waals surface area contributed by atoms with Crippen LogP contribution in [0.4, 0.5) is 15.3 Å². The summed E-state index contributed by atoms with van der Waals surface area (Å²) in [6, 6.07) is 17.1. The first-order chi connectivity index (χ1) is 16.6. The van der Waals surface area contributed by atoms with E-state index in [9.17, 15) is 4.79 Å². The highest BCUT2D eigenvalue weighted by atomic mass is 32.2. The van der Waals surface area contributed by atoms with Gasteiger partial charge in [0.25, 0.3) is 5.91 Å². The highest BCUT2D eigenvalue weighted by Crippen LogP contribution is 2.36. The molecule has 2 N–H and O–H groups in total.